The van der Waals surface area contributed by atoms with Crippen molar-refractivity contribution < 1.29 is 9.47 Å². The molecule has 3 aliphatic rings. The van der Waals surface area contributed by atoms with Crippen LogP contribution < -0.4 is 5.32 Å². The van der Waals surface area contributed by atoms with Crippen LogP contribution in [0.3, 0.4) is 0 Å². The van der Waals surface area contributed by atoms with Crippen molar-refractivity contribution in [2.75, 3.05) is 66.2 Å². The van der Waals surface area contributed by atoms with Crippen LogP contribution in [0.5, 0.6) is 0 Å². The molecule has 6 nitrogen and oxygen atoms in total. The lowest BCUT2D eigenvalue weighted by molar-refractivity contribution is 0.00364. The molecule has 0 aromatic rings. The molecular formula is C22H42N4O2. The van der Waals surface area contributed by atoms with Crippen LogP contribution in [0.1, 0.15) is 46.0 Å². The van der Waals surface area contributed by atoms with Crippen molar-refractivity contribution in [3.8, 4) is 0 Å². The fraction of sp³-hybridized carbons (Fsp3) is 0.955. The number of nitrogens with one attached hydrogen (secondary N) is 1. The lowest BCUT2D eigenvalue weighted by Gasteiger charge is -2.37. The highest BCUT2D eigenvalue weighted by Gasteiger charge is 2.31. The Morgan fingerprint density at radius 1 is 1.11 bits per heavy atom. The summed E-state index contributed by atoms with van der Waals surface area (Å²) in [5, 5.41) is 3.53. The van der Waals surface area contributed by atoms with Gasteiger partial charge in [-0.05, 0) is 38.0 Å². The number of aliphatic imine (C=N–C) groups is 1. The van der Waals surface area contributed by atoms with Crippen LogP contribution in [0.25, 0.3) is 0 Å². The van der Waals surface area contributed by atoms with Crippen molar-refractivity contribution in [2.24, 2.45) is 22.7 Å². The summed E-state index contributed by atoms with van der Waals surface area (Å²) in [7, 11) is 2.21. The molecule has 28 heavy (non-hydrogen) atoms. The van der Waals surface area contributed by atoms with Crippen LogP contribution in [0.15, 0.2) is 4.99 Å². The molecule has 0 radical (unpaired) electrons. The molecule has 2 unspecified atom stereocenters. The SMILES string of the molecule is CCNC(=NCC(C1CCOC1)N1CCOCC1)N(C)CC1CCC(C)CC1. The summed E-state index contributed by atoms with van der Waals surface area (Å²) in [4.78, 5) is 10.1. The molecule has 2 saturated heterocycles. The van der Waals surface area contributed by atoms with Crippen LogP contribution in [0.2, 0.25) is 0 Å². The number of nitrogens with zero attached hydrogens (tertiary/aromatic N) is 3. The standard InChI is InChI=1S/C22H42N4O2/c1-4-23-22(25(3)16-19-7-5-18(2)6-8-19)24-15-21(20-9-12-28-17-20)26-10-13-27-14-11-26/h18-21H,4-17H2,1-3H3,(H,23,24). The van der Waals surface area contributed by atoms with Crippen LogP contribution >= 0.6 is 0 Å². The zero-order chi connectivity index (χ0) is 19.8. The predicted octanol–water partition coefficient (Wildman–Crippen LogP) is 2.45. The first-order valence-electron chi connectivity index (χ1n) is 11.6. The van der Waals surface area contributed by atoms with E-state index in [-0.39, 0.29) is 0 Å². The summed E-state index contributed by atoms with van der Waals surface area (Å²) in [6.07, 6.45) is 6.64. The third kappa shape index (κ3) is 6.33. The fourth-order valence-corrected chi connectivity index (χ4v) is 4.96. The van der Waals surface area contributed by atoms with E-state index in [0.717, 1.165) is 83.4 Å². The molecule has 3 fully saturated rings. The summed E-state index contributed by atoms with van der Waals surface area (Å²) < 4.78 is 11.3. The van der Waals surface area contributed by atoms with Gasteiger partial charge in [-0.25, -0.2) is 0 Å². The lowest BCUT2D eigenvalue weighted by Crippen LogP contribution is -2.49. The third-order valence-corrected chi connectivity index (χ3v) is 6.82. The Hall–Kier alpha value is -0.850. The number of guanidine groups is 1. The van der Waals surface area contributed by atoms with Gasteiger partial charge in [0.25, 0.3) is 0 Å². The Balaban J connectivity index is 1.61. The van der Waals surface area contributed by atoms with Gasteiger partial charge in [0.15, 0.2) is 5.96 Å². The monoisotopic (exact) mass is 394 g/mol. The molecule has 0 bridgehead atoms. The van der Waals surface area contributed by atoms with Gasteiger partial charge in [0.2, 0.25) is 0 Å². The van der Waals surface area contributed by atoms with E-state index in [4.69, 9.17) is 14.5 Å². The predicted molar refractivity (Wildman–Crippen MR) is 115 cm³/mol. The maximum Gasteiger partial charge on any atom is 0.193 e. The highest BCUT2D eigenvalue weighted by Crippen LogP contribution is 2.28. The maximum absolute atomic E-state index is 5.71. The van der Waals surface area contributed by atoms with Gasteiger partial charge in [-0.15, -0.1) is 0 Å². The second kappa shape index (κ2) is 11.4. The Morgan fingerprint density at radius 2 is 1.86 bits per heavy atom. The number of rotatable bonds is 7. The molecule has 3 rings (SSSR count). The second-order valence-electron chi connectivity index (χ2n) is 9.04. The van der Waals surface area contributed by atoms with Crippen molar-refractivity contribution in [1.29, 1.82) is 0 Å². The number of morpholine rings is 1. The molecule has 0 aromatic carbocycles. The Bertz CT molecular complexity index is 467. The molecule has 1 N–H and O–H groups in total. The molecule has 2 heterocycles. The van der Waals surface area contributed by atoms with Crippen LogP contribution in [-0.2, 0) is 9.47 Å². The molecule has 0 aromatic heterocycles. The van der Waals surface area contributed by atoms with Crippen LogP contribution in [-0.4, -0.2) is 88.0 Å². The third-order valence-electron chi connectivity index (χ3n) is 6.82. The summed E-state index contributed by atoms with van der Waals surface area (Å²) in [6.45, 7) is 12.9. The summed E-state index contributed by atoms with van der Waals surface area (Å²) >= 11 is 0. The molecule has 0 spiro atoms. The normalized spacial score (nSPS) is 31.0. The molecule has 6 heteroatoms. The van der Waals surface area contributed by atoms with Gasteiger partial charge in [0, 0.05) is 51.8 Å². The molecule has 2 aliphatic heterocycles. The smallest absolute Gasteiger partial charge is 0.193 e. The van der Waals surface area contributed by atoms with E-state index in [2.05, 4.69) is 36.0 Å². The number of hydrogen-bond donors (Lipinski definition) is 1. The molecule has 1 saturated carbocycles. The van der Waals surface area contributed by atoms with Crippen molar-refractivity contribution >= 4 is 5.96 Å². The molecule has 162 valence electrons. The number of ether oxygens (including phenoxy) is 2. The van der Waals surface area contributed by atoms with E-state index in [1.165, 1.54) is 25.7 Å². The molecule has 1 aliphatic carbocycles. The van der Waals surface area contributed by atoms with E-state index in [0.29, 0.717) is 12.0 Å². The maximum atomic E-state index is 5.71. The lowest BCUT2D eigenvalue weighted by atomic mass is 9.83. The largest absolute Gasteiger partial charge is 0.381 e. The Labute approximate surface area is 172 Å². The van der Waals surface area contributed by atoms with Crippen molar-refractivity contribution in [2.45, 2.75) is 52.0 Å². The first kappa shape index (κ1) is 21.8. The summed E-state index contributed by atoms with van der Waals surface area (Å²) in [5.41, 5.74) is 0. The van der Waals surface area contributed by atoms with Crippen LogP contribution in [0, 0.1) is 17.8 Å². The first-order chi connectivity index (χ1) is 13.7. The van der Waals surface area contributed by atoms with E-state index >= 15 is 0 Å². The van der Waals surface area contributed by atoms with Gasteiger partial charge in [-0.3, -0.25) is 9.89 Å². The highest BCUT2D eigenvalue weighted by molar-refractivity contribution is 5.79. The minimum absolute atomic E-state index is 0.462. The van der Waals surface area contributed by atoms with Gasteiger partial charge >= 0.3 is 0 Å². The van der Waals surface area contributed by atoms with Crippen molar-refractivity contribution in [3.63, 3.8) is 0 Å². The summed E-state index contributed by atoms with van der Waals surface area (Å²) in [6, 6.07) is 0.462. The molecular weight excluding hydrogens is 352 g/mol. The van der Waals surface area contributed by atoms with E-state index in [1.54, 1.807) is 0 Å². The zero-order valence-corrected chi connectivity index (χ0v) is 18.4. The second-order valence-corrected chi connectivity index (χ2v) is 9.04. The average Bonchev–Trinajstić information content (AvgIpc) is 3.24. The minimum Gasteiger partial charge on any atom is -0.381 e. The van der Waals surface area contributed by atoms with Gasteiger partial charge < -0.3 is 19.7 Å². The van der Waals surface area contributed by atoms with E-state index in [1.807, 2.05) is 0 Å². The zero-order valence-electron chi connectivity index (χ0n) is 18.4. The van der Waals surface area contributed by atoms with Gasteiger partial charge in [0.05, 0.1) is 26.4 Å². The molecule has 2 atom stereocenters. The number of hydrogen-bond acceptors (Lipinski definition) is 4. The van der Waals surface area contributed by atoms with Gasteiger partial charge in [0.1, 0.15) is 0 Å². The van der Waals surface area contributed by atoms with E-state index < -0.39 is 0 Å². The van der Waals surface area contributed by atoms with Gasteiger partial charge in [-0.1, -0.05) is 19.8 Å². The first-order valence-corrected chi connectivity index (χ1v) is 11.6. The minimum atomic E-state index is 0.462. The Morgan fingerprint density at radius 3 is 2.50 bits per heavy atom. The van der Waals surface area contributed by atoms with Gasteiger partial charge in [-0.2, -0.15) is 0 Å². The van der Waals surface area contributed by atoms with Crippen molar-refractivity contribution in [3.05, 3.63) is 0 Å². The topological polar surface area (TPSA) is 49.3 Å². The van der Waals surface area contributed by atoms with Crippen LogP contribution in [0.4, 0.5) is 0 Å². The summed E-state index contributed by atoms with van der Waals surface area (Å²) in [5.74, 6) is 3.38. The fourth-order valence-electron chi connectivity index (χ4n) is 4.96. The van der Waals surface area contributed by atoms with Crippen molar-refractivity contribution in [1.82, 2.24) is 15.1 Å². The van der Waals surface area contributed by atoms with E-state index in [9.17, 15) is 0 Å². The average molecular weight is 395 g/mol. The highest BCUT2D eigenvalue weighted by atomic mass is 16.5. The molecule has 0 amide bonds. The quantitative estimate of drug-likeness (QED) is 0.531. The Kier molecular flexibility index (Phi) is 8.87.